The molecule has 6 aromatic rings. The van der Waals surface area contributed by atoms with Gasteiger partial charge in [-0.3, -0.25) is 10.3 Å². The van der Waals surface area contributed by atoms with Gasteiger partial charge in [0.2, 0.25) is 0 Å². The number of rotatable bonds is 13. The molecule has 1 fully saturated rings. The zero-order valence-corrected chi connectivity index (χ0v) is 39.4. The maximum atomic E-state index is 10.7. The summed E-state index contributed by atoms with van der Waals surface area (Å²) in [6.07, 6.45) is 8.83. The van der Waals surface area contributed by atoms with Gasteiger partial charge in [0.05, 0.1) is 35.1 Å². The number of hydrogen-bond acceptors (Lipinski definition) is 8. The molecule has 0 bridgehead atoms. The predicted octanol–water partition coefficient (Wildman–Crippen LogP) is 10.4. The first kappa shape index (κ1) is 47.8. The monoisotopic (exact) mass is 891 g/mol. The fourth-order valence-electron chi connectivity index (χ4n) is 7.82. The lowest BCUT2D eigenvalue weighted by Gasteiger charge is -2.28. The zero-order valence-electron chi connectivity index (χ0n) is 37.8. The van der Waals surface area contributed by atoms with Gasteiger partial charge in [-0.05, 0) is 115 Å². The second kappa shape index (κ2) is 21.2. The highest BCUT2D eigenvalue weighted by Gasteiger charge is 2.29. The normalized spacial score (nSPS) is 12.2. The molecule has 1 aliphatic rings. The van der Waals surface area contributed by atoms with Gasteiger partial charge in [-0.15, -0.1) is 0 Å². The molecule has 1 aliphatic carbocycles. The van der Waals surface area contributed by atoms with E-state index in [-0.39, 0.29) is 23.0 Å². The predicted molar refractivity (Wildman–Crippen MR) is 268 cm³/mol. The van der Waals surface area contributed by atoms with Gasteiger partial charge in [-0.2, -0.15) is 5.10 Å². The summed E-state index contributed by atoms with van der Waals surface area (Å²) < 4.78 is 9.93. The first-order valence-electron chi connectivity index (χ1n) is 21.4. The lowest BCUT2D eigenvalue weighted by Crippen LogP contribution is -2.36. The second-order valence-electron chi connectivity index (χ2n) is 15.0. The van der Waals surface area contributed by atoms with E-state index < -0.39 is 0 Å². The van der Waals surface area contributed by atoms with Crippen LogP contribution in [0, 0.1) is 0 Å². The van der Waals surface area contributed by atoms with Crippen LogP contribution in [0.1, 0.15) is 87.6 Å². The van der Waals surface area contributed by atoms with Crippen LogP contribution in [0.15, 0.2) is 84.7 Å². The molecule has 6 N–H and O–H groups in total. The minimum atomic E-state index is -0.0445. The van der Waals surface area contributed by atoms with Gasteiger partial charge in [0.15, 0.2) is 10.9 Å². The maximum Gasteiger partial charge on any atom is 0.177 e. The number of nitrogens with one attached hydrogen (secondary N) is 2. The van der Waals surface area contributed by atoms with E-state index >= 15 is 0 Å². The Labute approximate surface area is 381 Å². The summed E-state index contributed by atoms with van der Waals surface area (Å²) in [6, 6.07) is 18.5. The number of aryl methyl sites for hydroxylation is 4. The van der Waals surface area contributed by atoms with Crippen molar-refractivity contribution < 1.29 is 25.2 Å². The van der Waals surface area contributed by atoms with E-state index in [0.717, 1.165) is 82.3 Å². The third-order valence-corrected chi connectivity index (χ3v) is 11.6. The number of hydrogen-bond donors (Lipinski definition) is 6. The van der Waals surface area contributed by atoms with Crippen LogP contribution in [-0.4, -0.2) is 67.2 Å². The highest BCUT2D eigenvalue weighted by atomic mass is 32.1. The van der Waals surface area contributed by atoms with Crippen LogP contribution < -0.4 is 25.3 Å². The quantitative estimate of drug-likeness (QED) is 0.0286. The summed E-state index contributed by atoms with van der Waals surface area (Å²) in [5.41, 5.74) is 12.4. The number of amidine groups is 1. The molecule has 0 radical (unpaired) electrons. The van der Waals surface area contributed by atoms with E-state index in [0.29, 0.717) is 40.1 Å². The summed E-state index contributed by atoms with van der Waals surface area (Å²) in [6.45, 7) is 15.3. The van der Waals surface area contributed by atoms with Crippen molar-refractivity contribution in [2.24, 2.45) is 12.1 Å². The highest BCUT2D eigenvalue weighted by molar-refractivity contribution is 7.80. The number of aromatic nitrogens is 2. The van der Waals surface area contributed by atoms with Crippen molar-refractivity contribution in [2.45, 2.75) is 79.2 Å². The summed E-state index contributed by atoms with van der Waals surface area (Å²) in [5.74, 6) is 1.70. The van der Waals surface area contributed by atoms with E-state index in [1.54, 1.807) is 20.2 Å². The molecule has 63 heavy (non-hydrogen) atoms. The smallest absolute Gasteiger partial charge is 0.177 e. The van der Waals surface area contributed by atoms with Crippen LogP contribution in [-0.2, 0) is 26.4 Å². The minimum absolute atomic E-state index is 0.0383. The molecule has 7 rings (SSSR count). The third-order valence-electron chi connectivity index (χ3n) is 11.1. The number of nitrogens with zero attached hydrogens (tertiary/aromatic N) is 5. The summed E-state index contributed by atoms with van der Waals surface area (Å²) >= 11 is 10.5. The van der Waals surface area contributed by atoms with Crippen LogP contribution in [0.5, 0.6) is 28.7 Å². The molecule has 0 saturated heterocycles. The molecule has 4 aromatic carbocycles. The van der Waals surface area contributed by atoms with E-state index in [2.05, 4.69) is 76.0 Å². The Morgan fingerprint density at radius 1 is 0.905 bits per heavy atom. The number of anilines is 2. The molecular weight excluding hydrogens is 831 g/mol. The number of phenolic OH excluding ortho intramolecular Hbond substituents is 4. The standard InChI is InChI=1S/C24H28N4O3S.C23H27N3O2S.C2H6/c1-4-10-28-11-9-16-19(7-8-22(31-3)23(16)28)27(2)24(26-25-14-32)18-12-17(15-5-6-15)20(29)13-21(18)30;1-6-15-10-18(22(28)12-21(15)27)14(3)26(23(29)24-4)17-8-9-20-19(11-17)16(7-2)13-25(20)5;1-2/h7-9,11-15,29-30H,4-6,10H2,1-3H3,(H,25,32);8-13,27-28H,3,6-7H2,1-2,4-5H3,(H,24,29);1-2H3/b26-24-;;. The fraction of sp³-hybridized carbons (Fsp3) is 0.327. The van der Waals surface area contributed by atoms with Crippen LogP contribution in [0.25, 0.3) is 27.5 Å². The Morgan fingerprint density at radius 3 is 2.21 bits per heavy atom. The molecule has 2 aromatic heterocycles. The Morgan fingerprint density at radius 2 is 1.59 bits per heavy atom. The van der Waals surface area contributed by atoms with Crippen molar-refractivity contribution in [3.05, 3.63) is 107 Å². The average molecular weight is 892 g/mol. The molecule has 0 spiro atoms. The maximum absolute atomic E-state index is 10.7. The number of benzene rings is 4. The Kier molecular flexibility index (Phi) is 16.1. The van der Waals surface area contributed by atoms with Crippen molar-refractivity contribution in [1.29, 1.82) is 0 Å². The zero-order chi connectivity index (χ0) is 46.1. The van der Waals surface area contributed by atoms with Gasteiger partial charge in [0, 0.05) is 79.8 Å². The van der Waals surface area contributed by atoms with Crippen molar-refractivity contribution in [3.8, 4) is 28.7 Å². The molecule has 2 heterocycles. The number of methoxy groups -OCH3 is 1. The number of phenols is 4. The summed E-state index contributed by atoms with van der Waals surface area (Å²) in [5, 5.41) is 51.6. The molecular formula is C49H61N7O5S2. The molecule has 12 nitrogen and oxygen atoms in total. The van der Waals surface area contributed by atoms with E-state index in [4.69, 9.17) is 29.2 Å². The van der Waals surface area contributed by atoms with Gasteiger partial charge < -0.3 is 44.5 Å². The van der Waals surface area contributed by atoms with Gasteiger partial charge >= 0.3 is 0 Å². The molecule has 0 aliphatic heterocycles. The fourth-order valence-corrected chi connectivity index (χ4v) is 8.09. The summed E-state index contributed by atoms with van der Waals surface area (Å²) in [7, 11) is 7.36. The van der Waals surface area contributed by atoms with Crippen LogP contribution in [0.2, 0.25) is 0 Å². The molecule has 334 valence electrons. The van der Waals surface area contributed by atoms with Crippen molar-refractivity contribution in [3.63, 3.8) is 0 Å². The lowest BCUT2D eigenvalue weighted by atomic mass is 10.0. The van der Waals surface area contributed by atoms with Gasteiger partial charge in [0.1, 0.15) is 28.7 Å². The van der Waals surface area contributed by atoms with Crippen molar-refractivity contribution in [2.75, 3.05) is 31.0 Å². The average Bonchev–Trinajstić information content (AvgIpc) is 3.97. The lowest BCUT2D eigenvalue weighted by molar-refractivity contribution is 0.417. The Balaban J connectivity index is 0.000000230. The van der Waals surface area contributed by atoms with Crippen molar-refractivity contribution >= 4 is 79.8 Å². The third kappa shape index (κ3) is 10.0. The van der Waals surface area contributed by atoms with E-state index in [9.17, 15) is 20.4 Å². The summed E-state index contributed by atoms with van der Waals surface area (Å²) in [4.78, 5) is 3.72. The van der Waals surface area contributed by atoms with Crippen LogP contribution in [0.4, 0.5) is 11.4 Å². The molecule has 0 atom stereocenters. The molecule has 1 saturated carbocycles. The largest absolute Gasteiger partial charge is 0.508 e. The first-order chi connectivity index (χ1) is 30.3. The number of aromatic hydroxyl groups is 4. The number of hydrazone groups is 1. The highest BCUT2D eigenvalue weighted by Crippen LogP contribution is 2.46. The Bertz CT molecular complexity index is 2650. The van der Waals surface area contributed by atoms with Gasteiger partial charge in [-0.1, -0.05) is 53.4 Å². The topological polar surface area (TPSA) is 143 Å². The number of fused-ring (bicyclic) bond motifs is 2. The first-order valence-corrected chi connectivity index (χ1v) is 22.3. The molecule has 0 amide bonds. The SMILES string of the molecule is C=C(c1cc(CC)c(O)cc1O)N(C(=S)NC)c1ccc2c(c1)c(CC)cn2C.CC.CCCn1ccc2c(N(C)/C(=N\NC=S)c3cc(C4CC4)c(O)cc3O)ccc(OC)c21. The number of ether oxygens (including phenoxy) is 1. The van der Waals surface area contributed by atoms with Gasteiger partial charge in [-0.25, -0.2) is 0 Å². The minimum Gasteiger partial charge on any atom is -0.508 e. The van der Waals surface area contributed by atoms with Gasteiger partial charge in [0.25, 0.3) is 0 Å². The molecule has 0 unspecified atom stereocenters. The van der Waals surface area contributed by atoms with E-state index in [1.165, 1.54) is 23.2 Å². The van der Waals surface area contributed by atoms with Crippen LogP contribution >= 0.6 is 24.4 Å². The van der Waals surface area contributed by atoms with E-state index in [1.807, 2.05) is 68.9 Å². The number of thiocarbonyl (C=S) groups is 2. The van der Waals surface area contributed by atoms with Crippen LogP contribution in [0.3, 0.4) is 0 Å². The second-order valence-corrected chi connectivity index (χ2v) is 15.6. The van der Waals surface area contributed by atoms with Crippen molar-refractivity contribution in [1.82, 2.24) is 19.9 Å². The Hall–Kier alpha value is -6.25. The molecule has 14 heteroatoms.